The number of pyridine rings is 5. The molecule has 0 spiro atoms. The van der Waals surface area contributed by atoms with Crippen molar-refractivity contribution in [3.05, 3.63) is 224 Å². The number of fused-ring (bicyclic) bond motifs is 5. The quantitative estimate of drug-likeness (QED) is 0.00679. The minimum Gasteiger partial charge on any atom is -0.870 e. The van der Waals surface area contributed by atoms with Crippen molar-refractivity contribution < 1.29 is 105 Å². The molecule has 0 aliphatic carbocycles. The third-order valence-corrected chi connectivity index (χ3v) is 17.9. The van der Waals surface area contributed by atoms with Crippen LogP contribution in [0.1, 0.15) is 146 Å². The van der Waals surface area contributed by atoms with Crippen molar-refractivity contribution >= 4 is 178 Å². The number of hydrogen-bond donors (Lipinski definition) is 6. The number of carboxylic acid groups (broad SMARTS) is 1. The molecule has 0 saturated carbocycles. The number of ether oxygens (including phenoxy) is 5. The van der Waals surface area contributed by atoms with Crippen molar-refractivity contribution in [2.24, 2.45) is 0 Å². The number of carbonyl (C=O) groups excluding carboxylic acids is 4. The molecule has 2 aromatic carbocycles. The topological polar surface area (TPSA) is 528 Å². The molecule has 14 heterocycles. The Hall–Kier alpha value is -13.2. The fourth-order valence-electron chi connectivity index (χ4n) is 11.4. The number of imidazole rings is 5. The first-order chi connectivity index (χ1) is 62.2. The third kappa shape index (κ3) is 29.9. The molecule has 0 radical (unpaired) electrons. The second-order valence-electron chi connectivity index (χ2n) is 28.3. The number of carbonyl (C=O) groups is 5. The Kier molecular flexibility index (Phi) is 39.6. The number of anilines is 2. The molecule has 50 heteroatoms. The monoisotopic (exact) mass is 2010 g/mol. The molecular weight excluding hydrogens is 1930 g/mol. The van der Waals surface area contributed by atoms with Crippen LogP contribution in [0.4, 0.5) is 28.9 Å². The second-order valence-corrected chi connectivity index (χ2v) is 32.4. The molecule has 0 saturated heterocycles. The molecule has 0 unspecified atom stereocenters. The van der Waals surface area contributed by atoms with E-state index in [2.05, 4.69) is 181 Å². The Labute approximate surface area is 800 Å². The number of nitrogens with two attached hydrogens (primary N) is 1. The molecule has 0 atom stereocenters. The normalized spacial score (nSPS) is 10.8. The molecule has 8 N–H and O–H groups in total. The van der Waals surface area contributed by atoms with Gasteiger partial charge < -0.3 is 78.6 Å². The van der Waals surface area contributed by atoms with E-state index in [4.69, 9.17) is 55.3 Å². The number of methoxy groups -OCH3 is 3. The van der Waals surface area contributed by atoms with Crippen LogP contribution in [0.5, 0.6) is 11.5 Å². The van der Waals surface area contributed by atoms with Crippen molar-refractivity contribution in [2.75, 3.05) is 32.4 Å². The number of carboxylic acids is 1. The van der Waals surface area contributed by atoms with Gasteiger partial charge in [-0.05, 0) is 134 Å². The van der Waals surface area contributed by atoms with Crippen molar-refractivity contribution in [3.63, 3.8) is 0 Å². The second kappa shape index (κ2) is 49.3. The summed E-state index contributed by atoms with van der Waals surface area (Å²) in [6.07, 6.45) is 26.3. The molecule has 1 amide bonds. The van der Waals surface area contributed by atoms with Gasteiger partial charge in [0, 0.05) is 134 Å². The van der Waals surface area contributed by atoms with Gasteiger partial charge in [-0.3, -0.25) is 4.79 Å². The summed E-state index contributed by atoms with van der Waals surface area (Å²) >= 11 is 23.5. The van der Waals surface area contributed by atoms with E-state index in [9.17, 15) is 46.6 Å². The molecular formula is C83H82BCl4F4ILiN25O14. The SMILES string of the molecule is CC(C)I.CC(C)n1cnc2cc(C(=O)Nc3ccc(OC(F)(F)Cl)cc3)nc(-c3cncnc3)c21.CC(C)n1cnc2cc(C(=O)O)nc(-c3cncnc3)c21.COC(=O)c1cc2[nH]cnc2c(Cl)n1.COC(=O)c1cc2ncn(C(C)C)c2c(-c2cncnc2)n1.COC(=O)c1cc2ncn(C(C)C)c2c(Cl)n1.Nc1ccc(OC(F)(F)Cl)cc1.OB(O)c1cncnc1.[Li+].[OH-]. The third-order valence-electron chi connectivity index (χ3n) is 17.2. The van der Waals surface area contributed by atoms with Crippen LogP contribution >= 0.6 is 69.0 Å². The van der Waals surface area contributed by atoms with Gasteiger partial charge in [0.05, 0.1) is 97.1 Å². The van der Waals surface area contributed by atoms with Crippen LogP contribution in [0.25, 0.3) is 88.9 Å². The fraction of sp³-hybridized carbons (Fsp3) is 0.241. The molecule has 14 aromatic heterocycles. The van der Waals surface area contributed by atoms with E-state index in [1.807, 2.05) is 59.8 Å². The van der Waals surface area contributed by atoms with Gasteiger partial charge in [0.15, 0.2) is 33.1 Å². The van der Waals surface area contributed by atoms with E-state index in [-0.39, 0.29) is 98.8 Å². The Balaban J connectivity index is 0.000000216. The van der Waals surface area contributed by atoms with Crippen LogP contribution in [-0.2, 0) is 14.2 Å². The van der Waals surface area contributed by atoms with Gasteiger partial charge in [0.25, 0.3) is 5.91 Å². The number of hydrogen-bond acceptors (Lipinski definition) is 32. The fourth-order valence-corrected chi connectivity index (χ4v) is 12.1. The average molecular weight is 2020 g/mol. The molecule has 0 bridgehead atoms. The maximum absolute atomic E-state index is 12.9. The summed E-state index contributed by atoms with van der Waals surface area (Å²) in [4.78, 5) is 135. The Morgan fingerprint density at radius 3 is 1.14 bits per heavy atom. The molecule has 690 valence electrons. The molecule has 133 heavy (non-hydrogen) atoms. The summed E-state index contributed by atoms with van der Waals surface area (Å²) in [5.41, 5.74) is 10.1. The predicted octanol–water partition coefficient (Wildman–Crippen LogP) is 12.4. The minimum atomic E-state index is -3.82. The average Bonchev–Trinajstić information content (AvgIpc) is 1.65. The summed E-state index contributed by atoms with van der Waals surface area (Å²) in [5.74, 6) is -3.30. The maximum atomic E-state index is 12.9. The smallest absolute Gasteiger partial charge is 0.870 e. The van der Waals surface area contributed by atoms with Crippen molar-refractivity contribution in [1.29, 1.82) is 0 Å². The van der Waals surface area contributed by atoms with Crippen molar-refractivity contribution in [2.45, 2.75) is 108 Å². The number of H-pyrrole nitrogens is 1. The van der Waals surface area contributed by atoms with Gasteiger partial charge >= 0.3 is 61.0 Å². The molecule has 0 aliphatic heterocycles. The molecule has 0 fully saturated rings. The molecule has 16 rings (SSSR count). The van der Waals surface area contributed by atoms with E-state index in [1.54, 1.807) is 86.8 Å². The van der Waals surface area contributed by atoms with E-state index in [1.165, 1.54) is 120 Å². The zero-order chi connectivity index (χ0) is 95.7. The van der Waals surface area contributed by atoms with Crippen LogP contribution in [0.15, 0.2) is 185 Å². The minimum absolute atomic E-state index is 0. The Bertz CT molecular complexity index is 6560. The molecule has 16 aromatic rings. The van der Waals surface area contributed by atoms with Gasteiger partial charge in [-0.1, -0.05) is 59.6 Å². The number of aromatic carboxylic acids is 1. The number of benzene rings is 2. The number of aromatic amines is 1. The molecule has 39 nitrogen and oxygen atoms in total. The number of halogens is 9. The molecule has 0 aliphatic rings. The number of amides is 1. The number of aromatic nitrogens is 23. The first kappa shape index (κ1) is 107. The van der Waals surface area contributed by atoms with E-state index in [0.717, 1.165) is 31.6 Å². The van der Waals surface area contributed by atoms with Gasteiger partial charge in [0.2, 0.25) is 0 Å². The van der Waals surface area contributed by atoms with E-state index < -0.39 is 48.0 Å². The number of alkyl halides is 7. The van der Waals surface area contributed by atoms with Crippen LogP contribution < -0.4 is 44.8 Å². The summed E-state index contributed by atoms with van der Waals surface area (Å²) in [7, 11) is 2.45. The van der Waals surface area contributed by atoms with E-state index in [0.29, 0.717) is 78.1 Å². The summed E-state index contributed by atoms with van der Waals surface area (Å²) in [6, 6.07) is 19.4. The van der Waals surface area contributed by atoms with Crippen LogP contribution in [-0.4, -0.2) is 207 Å². The zero-order valence-electron chi connectivity index (χ0n) is 73.0. The van der Waals surface area contributed by atoms with Crippen molar-refractivity contribution in [1.82, 2.24) is 113 Å². The summed E-state index contributed by atoms with van der Waals surface area (Å²) in [6.45, 7) is 20.5. The van der Waals surface area contributed by atoms with Gasteiger partial charge in [-0.25, -0.2) is 109 Å². The number of rotatable bonds is 18. The van der Waals surface area contributed by atoms with Gasteiger partial charge in [-0.15, -0.1) is 17.6 Å². The Morgan fingerprint density at radius 2 is 0.789 bits per heavy atom. The van der Waals surface area contributed by atoms with E-state index >= 15 is 0 Å². The summed E-state index contributed by atoms with van der Waals surface area (Å²) < 4.78 is 80.3. The largest absolute Gasteiger partial charge is 1.00 e. The first-order valence-electron chi connectivity index (χ1n) is 38.6. The Morgan fingerprint density at radius 1 is 0.474 bits per heavy atom. The van der Waals surface area contributed by atoms with Gasteiger partial charge in [-0.2, -0.15) is 0 Å². The van der Waals surface area contributed by atoms with Gasteiger partial charge in [0.1, 0.15) is 70.6 Å². The maximum Gasteiger partial charge on any atom is 1.00 e. The zero-order valence-corrected chi connectivity index (χ0v) is 78.2. The predicted molar refractivity (Wildman–Crippen MR) is 491 cm³/mol. The van der Waals surface area contributed by atoms with Crippen LogP contribution in [0, 0.1) is 0 Å². The number of nitrogens with one attached hydrogen (secondary N) is 2. The number of nitrogen functional groups attached to an aromatic ring is 1. The first-order valence-corrected chi connectivity index (χ1v) is 41.4. The number of esters is 3. The van der Waals surface area contributed by atoms with Crippen LogP contribution in [0.3, 0.4) is 0 Å². The summed E-state index contributed by atoms with van der Waals surface area (Å²) in [5, 5.41) is 29.3. The van der Waals surface area contributed by atoms with Crippen molar-refractivity contribution in [3.8, 4) is 45.3 Å². The standard InChI is InChI=1S/C21H17ClF2N6O2.C15H15N5O2.C14H13N5O2.C11H12ClN3O2.C8H6ClN3O2.C7H6ClF2NO.C4H5BN2O2.C3H7I.Li.H2O/c1-12(2)30-11-27-16-7-17(29-18(19(16)30)13-8-25-10-26-9-13)20(31)28-14-3-5-15(6-4-14)32-21(22,23)24;1-9(2)20-8-18-11-4-12(15(21)22-3)19-13(14(11)20)10-5-16-7-17-6-10;1-8(2)19-7-17-10-3-11(14(20)21)18-12(13(10)19)9-4-15-6-16-5-9;1-6(2)15-5-13-7-4-8(11(16)17-3)14-10(12)9(7)15;1-14-8(13)5-2-4-6(7(9)12-5)11-3-10-4;8-7(9,10)12-6-3-1-5(11)2-4-6;8-5(9)4-1-6-3-7-2-4;1-3(2)4;;/h3-12H,1-2H3,(H,28,31);4-9H,1-3H3;3-8H,1-2H3,(H,20,21);4-6H,1-3H3;2-3H,1H3,(H,10,11);1-4H,11H2;1-3,8-9H;3H,1-2H3;;1H2/q;;;;;;;;+1;/p-1. The van der Waals surface area contributed by atoms with Crippen LogP contribution in [0.2, 0.25) is 10.3 Å². The number of nitrogens with zero attached hydrogens (tertiary/aromatic N) is 22.